The molecule has 6 heteroatoms. The summed E-state index contributed by atoms with van der Waals surface area (Å²) >= 11 is 0. The molecule has 1 saturated heterocycles. The third kappa shape index (κ3) is 5.02. The average Bonchev–Trinajstić information content (AvgIpc) is 2.40. The number of piperazine rings is 1. The van der Waals surface area contributed by atoms with Gasteiger partial charge in [-0.15, -0.1) is 0 Å². The third-order valence-electron chi connectivity index (χ3n) is 4.37. The highest BCUT2D eigenvalue weighted by Crippen LogP contribution is 2.29. The Kier molecular flexibility index (Phi) is 5.62. The average molecular weight is 289 g/mol. The lowest BCUT2D eigenvalue weighted by Gasteiger charge is -2.40. The Morgan fingerprint density at radius 3 is 2.42 bits per heavy atom. The van der Waals surface area contributed by atoms with E-state index in [9.17, 15) is 8.42 Å². The Labute approximate surface area is 117 Å². The summed E-state index contributed by atoms with van der Waals surface area (Å²) in [6, 6.07) is 0.372. The van der Waals surface area contributed by atoms with E-state index < -0.39 is 10.0 Å². The molecule has 1 atom stereocenters. The van der Waals surface area contributed by atoms with Crippen molar-refractivity contribution in [3.8, 4) is 0 Å². The highest BCUT2D eigenvalue weighted by atomic mass is 32.2. The number of hydrogen-bond acceptors (Lipinski definition) is 4. The summed E-state index contributed by atoms with van der Waals surface area (Å²) in [5.74, 6) is 0.654. The van der Waals surface area contributed by atoms with Crippen molar-refractivity contribution in [3.05, 3.63) is 0 Å². The molecule has 1 heterocycles. The van der Waals surface area contributed by atoms with E-state index in [0.29, 0.717) is 18.5 Å². The van der Waals surface area contributed by atoms with Gasteiger partial charge in [-0.25, -0.2) is 13.1 Å². The first-order valence-corrected chi connectivity index (χ1v) is 9.35. The van der Waals surface area contributed by atoms with Gasteiger partial charge in [-0.3, -0.25) is 4.90 Å². The molecule has 0 spiro atoms. The number of nitrogens with one attached hydrogen (secondary N) is 2. The third-order valence-corrected chi connectivity index (χ3v) is 5.06. The van der Waals surface area contributed by atoms with Gasteiger partial charge in [0.1, 0.15) is 0 Å². The Morgan fingerprint density at radius 2 is 1.84 bits per heavy atom. The highest BCUT2D eigenvalue weighted by molar-refractivity contribution is 7.88. The molecular formula is C13H27N3O2S. The first kappa shape index (κ1) is 15.2. The maximum absolute atomic E-state index is 11.4. The fourth-order valence-electron chi connectivity index (χ4n) is 3.36. The van der Waals surface area contributed by atoms with Gasteiger partial charge < -0.3 is 5.32 Å². The van der Waals surface area contributed by atoms with Crippen LogP contribution in [0.2, 0.25) is 0 Å². The zero-order valence-electron chi connectivity index (χ0n) is 11.9. The van der Waals surface area contributed by atoms with Crippen LogP contribution in [0.3, 0.4) is 0 Å². The van der Waals surface area contributed by atoms with Gasteiger partial charge in [0.15, 0.2) is 0 Å². The molecule has 1 aliphatic heterocycles. The molecule has 2 fully saturated rings. The molecule has 2 N–H and O–H groups in total. The molecular weight excluding hydrogens is 262 g/mol. The van der Waals surface area contributed by atoms with Crippen molar-refractivity contribution >= 4 is 10.0 Å². The number of rotatable bonds is 5. The number of hydrogen-bond donors (Lipinski definition) is 2. The van der Waals surface area contributed by atoms with E-state index in [-0.39, 0.29) is 0 Å². The van der Waals surface area contributed by atoms with Gasteiger partial charge in [-0.1, -0.05) is 19.3 Å². The molecule has 0 radical (unpaired) electrons. The smallest absolute Gasteiger partial charge is 0.208 e. The van der Waals surface area contributed by atoms with Crippen molar-refractivity contribution in [2.75, 3.05) is 39.0 Å². The second-order valence-electron chi connectivity index (χ2n) is 5.87. The molecule has 112 valence electrons. The van der Waals surface area contributed by atoms with Crippen molar-refractivity contribution in [1.29, 1.82) is 0 Å². The fourth-order valence-corrected chi connectivity index (χ4v) is 3.84. The summed E-state index contributed by atoms with van der Waals surface area (Å²) in [6.45, 7) is 4.67. The number of sulfonamides is 1. The molecule has 0 amide bonds. The minimum absolute atomic E-state index is 0.372. The molecule has 2 aliphatic rings. The van der Waals surface area contributed by atoms with Gasteiger partial charge in [0.05, 0.1) is 6.26 Å². The largest absolute Gasteiger partial charge is 0.314 e. The van der Waals surface area contributed by atoms with Crippen molar-refractivity contribution < 1.29 is 8.42 Å². The Hall–Kier alpha value is -0.170. The van der Waals surface area contributed by atoms with E-state index in [1.54, 1.807) is 0 Å². The van der Waals surface area contributed by atoms with Crippen LogP contribution in [0.25, 0.3) is 0 Å². The van der Waals surface area contributed by atoms with E-state index in [1.807, 2.05) is 0 Å². The topological polar surface area (TPSA) is 61.4 Å². The molecule has 0 aromatic heterocycles. The van der Waals surface area contributed by atoms with E-state index in [0.717, 1.165) is 26.2 Å². The summed E-state index contributed by atoms with van der Waals surface area (Å²) in [4.78, 5) is 2.48. The summed E-state index contributed by atoms with van der Waals surface area (Å²) in [5, 5.41) is 3.36. The molecule has 1 aliphatic carbocycles. The van der Waals surface area contributed by atoms with Gasteiger partial charge in [-0.05, 0) is 18.8 Å². The molecule has 0 bridgehead atoms. The Balaban J connectivity index is 1.98. The second kappa shape index (κ2) is 7.02. The minimum atomic E-state index is -3.09. The van der Waals surface area contributed by atoms with Crippen LogP contribution in [0.4, 0.5) is 0 Å². The molecule has 0 aromatic carbocycles. The lowest BCUT2D eigenvalue weighted by atomic mass is 9.83. The Morgan fingerprint density at radius 1 is 1.21 bits per heavy atom. The predicted molar refractivity (Wildman–Crippen MR) is 77.7 cm³/mol. The van der Waals surface area contributed by atoms with Crippen molar-refractivity contribution in [2.45, 2.75) is 38.1 Å². The molecule has 5 nitrogen and oxygen atoms in total. The zero-order chi connectivity index (χ0) is 13.7. The minimum Gasteiger partial charge on any atom is -0.314 e. The highest BCUT2D eigenvalue weighted by Gasteiger charge is 2.29. The summed E-state index contributed by atoms with van der Waals surface area (Å²) in [6.07, 6.45) is 7.69. The summed E-state index contributed by atoms with van der Waals surface area (Å²) in [7, 11) is -3.09. The van der Waals surface area contributed by atoms with E-state index in [1.165, 1.54) is 38.4 Å². The van der Waals surface area contributed by atoms with Gasteiger partial charge in [0.2, 0.25) is 10.0 Å². The van der Waals surface area contributed by atoms with Crippen LogP contribution in [0.15, 0.2) is 0 Å². The van der Waals surface area contributed by atoms with Crippen molar-refractivity contribution in [1.82, 2.24) is 14.9 Å². The van der Waals surface area contributed by atoms with Gasteiger partial charge in [0.25, 0.3) is 0 Å². The van der Waals surface area contributed by atoms with Crippen LogP contribution >= 0.6 is 0 Å². The normalized spacial score (nSPS) is 25.3. The Bertz CT molecular complexity index is 342. The standard InChI is InChI=1S/C13H27N3O2S/c1-19(17,18)15-11-13(12-5-3-2-4-6-12)16-9-7-14-8-10-16/h12-15H,2-11H2,1H3. The van der Waals surface area contributed by atoms with Gasteiger partial charge >= 0.3 is 0 Å². The van der Waals surface area contributed by atoms with Crippen LogP contribution in [0.1, 0.15) is 32.1 Å². The first-order valence-electron chi connectivity index (χ1n) is 7.46. The van der Waals surface area contributed by atoms with Gasteiger partial charge in [-0.2, -0.15) is 0 Å². The molecule has 1 unspecified atom stereocenters. The first-order chi connectivity index (χ1) is 9.06. The number of nitrogens with zero attached hydrogens (tertiary/aromatic N) is 1. The van der Waals surface area contributed by atoms with Crippen LogP contribution < -0.4 is 10.0 Å². The van der Waals surface area contributed by atoms with Crippen molar-refractivity contribution in [2.24, 2.45) is 5.92 Å². The van der Waals surface area contributed by atoms with Crippen LogP contribution in [0, 0.1) is 5.92 Å². The fraction of sp³-hybridized carbons (Fsp3) is 1.00. The van der Waals surface area contributed by atoms with E-state index in [2.05, 4.69) is 14.9 Å². The monoisotopic (exact) mass is 289 g/mol. The van der Waals surface area contributed by atoms with E-state index >= 15 is 0 Å². The van der Waals surface area contributed by atoms with E-state index in [4.69, 9.17) is 0 Å². The zero-order valence-corrected chi connectivity index (χ0v) is 12.7. The lowest BCUT2D eigenvalue weighted by molar-refractivity contribution is 0.106. The lowest BCUT2D eigenvalue weighted by Crippen LogP contribution is -2.54. The van der Waals surface area contributed by atoms with Crippen LogP contribution in [-0.4, -0.2) is 58.3 Å². The SMILES string of the molecule is CS(=O)(=O)NCC(C1CCCCC1)N1CCNCC1. The summed E-state index contributed by atoms with van der Waals surface area (Å²) < 4.78 is 25.4. The molecule has 0 aromatic rings. The quantitative estimate of drug-likeness (QED) is 0.769. The summed E-state index contributed by atoms with van der Waals surface area (Å²) in [5.41, 5.74) is 0. The second-order valence-corrected chi connectivity index (χ2v) is 7.71. The maximum Gasteiger partial charge on any atom is 0.208 e. The molecule has 1 saturated carbocycles. The van der Waals surface area contributed by atoms with Crippen molar-refractivity contribution in [3.63, 3.8) is 0 Å². The maximum atomic E-state index is 11.4. The van der Waals surface area contributed by atoms with Crippen LogP contribution in [0.5, 0.6) is 0 Å². The van der Waals surface area contributed by atoms with Gasteiger partial charge in [0, 0.05) is 38.8 Å². The molecule has 19 heavy (non-hydrogen) atoms. The van der Waals surface area contributed by atoms with Crippen LogP contribution in [-0.2, 0) is 10.0 Å². The molecule has 2 rings (SSSR count). The predicted octanol–water partition coefficient (Wildman–Crippen LogP) is 0.390.